The van der Waals surface area contributed by atoms with E-state index in [0.717, 1.165) is 21.7 Å². The summed E-state index contributed by atoms with van der Waals surface area (Å²) in [4.78, 5) is 33.0. The van der Waals surface area contributed by atoms with Gasteiger partial charge in [0.15, 0.2) is 16.7 Å². The number of thioether (sulfide) groups is 1. The molecular weight excluding hydrogens is 470 g/mol. The summed E-state index contributed by atoms with van der Waals surface area (Å²) in [5.41, 5.74) is 2.47. The molecule has 0 aliphatic carbocycles. The Labute approximate surface area is 204 Å². The third-order valence-electron chi connectivity index (χ3n) is 5.74. The van der Waals surface area contributed by atoms with Crippen LogP contribution in [0.3, 0.4) is 0 Å². The summed E-state index contributed by atoms with van der Waals surface area (Å²) in [6, 6.07) is 15.0. The Morgan fingerprint density at radius 1 is 1.18 bits per heavy atom. The zero-order valence-corrected chi connectivity index (χ0v) is 20.6. The lowest BCUT2D eigenvalue weighted by molar-refractivity contribution is -0.120. The highest BCUT2D eigenvalue weighted by Crippen LogP contribution is 2.33. The second-order valence-corrected chi connectivity index (χ2v) is 10.5. The van der Waals surface area contributed by atoms with Gasteiger partial charge in [-0.25, -0.2) is 4.98 Å². The van der Waals surface area contributed by atoms with Crippen molar-refractivity contribution in [3.63, 3.8) is 0 Å². The van der Waals surface area contributed by atoms with Gasteiger partial charge in [0, 0.05) is 11.4 Å². The van der Waals surface area contributed by atoms with Gasteiger partial charge >= 0.3 is 0 Å². The van der Waals surface area contributed by atoms with E-state index in [1.165, 1.54) is 23.1 Å². The van der Waals surface area contributed by atoms with Crippen LogP contribution >= 0.6 is 23.1 Å². The number of benzene rings is 2. The van der Waals surface area contributed by atoms with Crippen LogP contribution < -0.4 is 20.3 Å². The number of aryl methyl sites for hydroxylation is 2. The Balaban J connectivity index is 1.41. The third kappa shape index (κ3) is 4.17. The summed E-state index contributed by atoms with van der Waals surface area (Å²) >= 11 is 2.78. The van der Waals surface area contributed by atoms with Crippen molar-refractivity contribution < 1.29 is 14.3 Å². The average molecular weight is 494 g/mol. The van der Waals surface area contributed by atoms with E-state index in [1.54, 1.807) is 4.57 Å². The number of nitrogens with zero attached hydrogens (tertiary/aromatic N) is 2. The summed E-state index contributed by atoms with van der Waals surface area (Å²) < 4.78 is 12.3. The maximum atomic E-state index is 13.5. The van der Waals surface area contributed by atoms with Crippen molar-refractivity contribution in [2.45, 2.75) is 37.7 Å². The highest BCUT2D eigenvalue weighted by atomic mass is 32.2. The quantitative estimate of drug-likeness (QED) is 0.313. The molecular formula is C25H23N3O4S2. The Bertz CT molecular complexity index is 1450. The standard InChI is InChI=1S/C25H23N3O4S2/c1-14-15(2)33-23-21(14)24(30)28(18-7-5-4-6-8-18)25(27-23)34-16(3)22(29)26-12-17-9-10-19-20(11-17)32-13-31-19/h4-11,16H,12-13H2,1-3H3,(H,26,29). The molecule has 174 valence electrons. The lowest BCUT2D eigenvalue weighted by Crippen LogP contribution is -2.31. The van der Waals surface area contributed by atoms with Gasteiger partial charge in [0.1, 0.15) is 4.83 Å². The molecule has 1 aliphatic heterocycles. The van der Waals surface area contributed by atoms with E-state index in [1.807, 2.05) is 69.3 Å². The van der Waals surface area contributed by atoms with Crippen LogP contribution in [0.1, 0.15) is 22.9 Å². The number of hydrogen-bond acceptors (Lipinski definition) is 7. The second kappa shape index (κ2) is 9.15. The third-order valence-corrected chi connectivity index (χ3v) is 7.90. The number of fused-ring (bicyclic) bond motifs is 2. The van der Waals surface area contributed by atoms with Gasteiger partial charge in [0.25, 0.3) is 5.56 Å². The molecule has 0 bridgehead atoms. The van der Waals surface area contributed by atoms with E-state index in [4.69, 9.17) is 14.5 Å². The summed E-state index contributed by atoms with van der Waals surface area (Å²) in [5.74, 6) is 1.24. The predicted octanol–water partition coefficient (Wildman–Crippen LogP) is 4.59. The van der Waals surface area contributed by atoms with Crippen molar-refractivity contribution in [1.82, 2.24) is 14.9 Å². The van der Waals surface area contributed by atoms with Gasteiger partial charge in [-0.15, -0.1) is 11.3 Å². The van der Waals surface area contributed by atoms with E-state index in [0.29, 0.717) is 33.4 Å². The Hall–Kier alpha value is -3.30. The molecule has 3 heterocycles. The summed E-state index contributed by atoms with van der Waals surface area (Å²) in [7, 11) is 0. The first kappa shape index (κ1) is 22.5. The lowest BCUT2D eigenvalue weighted by atomic mass is 10.2. The second-order valence-electron chi connectivity index (χ2n) is 8.00. The molecule has 2 aromatic carbocycles. The number of ether oxygens (including phenoxy) is 2. The molecule has 1 N–H and O–H groups in total. The van der Waals surface area contributed by atoms with Crippen molar-refractivity contribution in [3.8, 4) is 17.2 Å². The van der Waals surface area contributed by atoms with Gasteiger partial charge in [-0.05, 0) is 56.2 Å². The molecule has 1 amide bonds. The van der Waals surface area contributed by atoms with E-state index in [9.17, 15) is 9.59 Å². The minimum absolute atomic E-state index is 0.117. The number of carbonyl (C=O) groups is 1. The molecule has 0 radical (unpaired) electrons. The molecule has 0 saturated carbocycles. The molecule has 5 rings (SSSR count). The molecule has 4 aromatic rings. The average Bonchev–Trinajstić information content (AvgIpc) is 3.41. The Morgan fingerprint density at radius 2 is 1.94 bits per heavy atom. The van der Waals surface area contributed by atoms with Gasteiger partial charge in [-0.1, -0.05) is 36.0 Å². The van der Waals surface area contributed by atoms with Gasteiger partial charge in [0.05, 0.1) is 16.3 Å². The van der Waals surface area contributed by atoms with E-state index in [2.05, 4.69) is 5.32 Å². The largest absolute Gasteiger partial charge is 0.454 e. The van der Waals surface area contributed by atoms with Gasteiger partial charge < -0.3 is 14.8 Å². The van der Waals surface area contributed by atoms with E-state index < -0.39 is 5.25 Å². The molecule has 1 aliphatic rings. The van der Waals surface area contributed by atoms with E-state index >= 15 is 0 Å². The van der Waals surface area contributed by atoms with Crippen LogP contribution in [0, 0.1) is 13.8 Å². The van der Waals surface area contributed by atoms with Gasteiger partial charge in [-0.3, -0.25) is 14.2 Å². The van der Waals surface area contributed by atoms with Crippen molar-refractivity contribution in [3.05, 3.63) is 74.9 Å². The molecule has 34 heavy (non-hydrogen) atoms. The normalized spacial score (nSPS) is 13.3. The fourth-order valence-corrected chi connectivity index (χ4v) is 5.78. The molecule has 0 spiro atoms. The van der Waals surface area contributed by atoms with Gasteiger partial charge in [0.2, 0.25) is 12.7 Å². The molecule has 7 nitrogen and oxygen atoms in total. The van der Waals surface area contributed by atoms with Crippen LogP contribution in [0.4, 0.5) is 0 Å². The molecule has 1 atom stereocenters. The maximum absolute atomic E-state index is 13.5. The molecule has 0 fully saturated rings. The minimum atomic E-state index is -0.463. The number of hydrogen-bond donors (Lipinski definition) is 1. The zero-order valence-electron chi connectivity index (χ0n) is 19.0. The summed E-state index contributed by atoms with van der Waals surface area (Å²) in [5, 5.41) is 3.63. The zero-order chi connectivity index (χ0) is 23.8. The number of thiophene rings is 1. The lowest BCUT2D eigenvalue weighted by Gasteiger charge is -2.16. The first-order valence-electron chi connectivity index (χ1n) is 10.8. The van der Waals surface area contributed by atoms with Crippen LogP contribution in [-0.4, -0.2) is 27.5 Å². The number of rotatable bonds is 6. The fourth-order valence-electron chi connectivity index (χ4n) is 3.75. The van der Waals surface area contributed by atoms with Crippen LogP contribution in [0.2, 0.25) is 0 Å². The minimum Gasteiger partial charge on any atom is -0.454 e. The molecule has 1 unspecified atom stereocenters. The fraction of sp³-hybridized carbons (Fsp3) is 0.240. The van der Waals surface area contributed by atoms with Crippen LogP contribution in [0.5, 0.6) is 11.5 Å². The predicted molar refractivity (Wildman–Crippen MR) is 134 cm³/mol. The van der Waals surface area contributed by atoms with Crippen molar-refractivity contribution in [2.24, 2.45) is 0 Å². The first-order chi connectivity index (χ1) is 16.4. The monoisotopic (exact) mass is 493 g/mol. The molecule has 2 aromatic heterocycles. The topological polar surface area (TPSA) is 82.4 Å². The number of aromatic nitrogens is 2. The van der Waals surface area contributed by atoms with Crippen molar-refractivity contribution in [1.29, 1.82) is 0 Å². The number of amides is 1. The van der Waals surface area contributed by atoms with Crippen LogP contribution in [0.15, 0.2) is 58.5 Å². The molecule has 0 saturated heterocycles. The first-order valence-corrected chi connectivity index (χ1v) is 12.5. The van der Waals surface area contributed by atoms with Crippen molar-refractivity contribution in [2.75, 3.05) is 6.79 Å². The van der Waals surface area contributed by atoms with Crippen LogP contribution in [-0.2, 0) is 11.3 Å². The SMILES string of the molecule is Cc1sc2nc(SC(C)C(=O)NCc3ccc4c(c3)OCO4)n(-c3ccccc3)c(=O)c2c1C. The highest BCUT2D eigenvalue weighted by Gasteiger charge is 2.22. The summed E-state index contributed by atoms with van der Waals surface area (Å²) in [6.07, 6.45) is 0. The van der Waals surface area contributed by atoms with Crippen LogP contribution in [0.25, 0.3) is 15.9 Å². The number of carbonyl (C=O) groups excluding carboxylic acids is 1. The van der Waals surface area contributed by atoms with E-state index in [-0.39, 0.29) is 18.3 Å². The highest BCUT2D eigenvalue weighted by molar-refractivity contribution is 8.00. The molecule has 9 heteroatoms. The Morgan fingerprint density at radius 3 is 2.74 bits per heavy atom. The Kier molecular flexibility index (Phi) is 6.05. The smallest absolute Gasteiger partial charge is 0.267 e. The maximum Gasteiger partial charge on any atom is 0.267 e. The van der Waals surface area contributed by atoms with Crippen molar-refractivity contribution >= 4 is 39.2 Å². The van der Waals surface area contributed by atoms with Gasteiger partial charge in [-0.2, -0.15) is 0 Å². The number of nitrogens with one attached hydrogen (secondary N) is 1. The summed E-state index contributed by atoms with van der Waals surface area (Å²) in [6.45, 7) is 6.33. The number of para-hydroxylation sites is 1.